The normalized spacial score (nSPS) is 17.8. The van der Waals surface area contributed by atoms with E-state index < -0.39 is 17.8 Å². The van der Waals surface area contributed by atoms with Gasteiger partial charge in [0, 0.05) is 24.7 Å². The highest BCUT2D eigenvalue weighted by molar-refractivity contribution is 5.64. The highest BCUT2D eigenvalue weighted by Gasteiger charge is 2.30. The van der Waals surface area contributed by atoms with Crippen LogP contribution in [0.15, 0.2) is 30.3 Å². The van der Waals surface area contributed by atoms with Gasteiger partial charge < -0.3 is 10.0 Å². The minimum absolute atomic E-state index is 0.0659. The molecule has 24 heavy (non-hydrogen) atoms. The lowest BCUT2D eigenvalue weighted by atomic mass is 10.1. The van der Waals surface area contributed by atoms with Crippen LogP contribution in [-0.4, -0.2) is 34.3 Å². The summed E-state index contributed by atoms with van der Waals surface area (Å²) in [6.07, 6.45) is -4.26. The number of aliphatic hydroxyl groups is 1. The van der Waals surface area contributed by atoms with Crippen molar-refractivity contribution in [2.75, 3.05) is 18.0 Å². The molecule has 1 saturated heterocycles. The molecule has 0 radical (unpaired) electrons. The number of aromatic nitrogens is 2. The summed E-state index contributed by atoms with van der Waals surface area (Å²) in [5.41, 5.74) is 0.0817. The molecule has 1 atom stereocenters. The smallest absolute Gasteiger partial charge is 0.391 e. The summed E-state index contributed by atoms with van der Waals surface area (Å²) in [5.74, 6) is 0.414. The van der Waals surface area contributed by atoms with Crippen molar-refractivity contribution < 1.29 is 18.3 Å². The standard InChI is InChI=1S/C16H13F3N4O/c17-16(18,19)11-3-1-10(2-4-11)13-7-15(22-14(8-20)21-13)23-6-5-12(24)9-23/h1-4,7,12,24H,5-6,9H2/t12-/m0/s1. The quantitative estimate of drug-likeness (QED) is 0.914. The van der Waals surface area contributed by atoms with Gasteiger partial charge in [0.15, 0.2) is 0 Å². The van der Waals surface area contributed by atoms with Crippen molar-refractivity contribution >= 4 is 5.82 Å². The molecule has 1 N–H and O–H groups in total. The van der Waals surface area contributed by atoms with Gasteiger partial charge in [-0.15, -0.1) is 0 Å². The first kappa shape index (κ1) is 16.2. The summed E-state index contributed by atoms with van der Waals surface area (Å²) >= 11 is 0. The van der Waals surface area contributed by atoms with Gasteiger partial charge in [0.05, 0.1) is 17.4 Å². The first-order valence-electron chi connectivity index (χ1n) is 7.26. The Morgan fingerprint density at radius 1 is 1.21 bits per heavy atom. The average Bonchev–Trinajstić information content (AvgIpc) is 3.00. The van der Waals surface area contributed by atoms with Crippen LogP contribution in [0.4, 0.5) is 19.0 Å². The molecule has 2 heterocycles. The van der Waals surface area contributed by atoms with Crippen LogP contribution in [-0.2, 0) is 6.18 Å². The number of aliphatic hydroxyl groups excluding tert-OH is 1. The van der Waals surface area contributed by atoms with E-state index in [1.54, 1.807) is 6.07 Å². The van der Waals surface area contributed by atoms with Crippen molar-refractivity contribution in [2.45, 2.75) is 18.7 Å². The van der Waals surface area contributed by atoms with Crippen molar-refractivity contribution in [3.63, 3.8) is 0 Å². The molecule has 2 aromatic rings. The predicted molar refractivity (Wildman–Crippen MR) is 80.0 cm³/mol. The zero-order valence-electron chi connectivity index (χ0n) is 12.5. The second kappa shape index (κ2) is 6.09. The molecule has 0 bridgehead atoms. The molecule has 1 fully saturated rings. The van der Waals surface area contributed by atoms with Gasteiger partial charge in [-0.3, -0.25) is 0 Å². The van der Waals surface area contributed by atoms with E-state index in [4.69, 9.17) is 5.26 Å². The molecule has 124 valence electrons. The Morgan fingerprint density at radius 3 is 2.46 bits per heavy atom. The number of halogens is 3. The molecule has 3 rings (SSSR count). The number of hydrogen-bond acceptors (Lipinski definition) is 5. The van der Waals surface area contributed by atoms with Gasteiger partial charge >= 0.3 is 6.18 Å². The van der Waals surface area contributed by atoms with Crippen molar-refractivity contribution in [2.24, 2.45) is 0 Å². The van der Waals surface area contributed by atoms with E-state index in [2.05, 4.69) is 9.97 Å². The number of anilines is 1. The molecule has 1 aliphatic rings. The summed E-state index contributed by atoms with van der Waals surface area (Å²) in [5, 5.41) is 18.7. The van der Waals surface area contributed by atoms with Crippen molar-refractivity contribution in [1.29, 1.82) is 5.26 Å². The highest BCUT2D eigenvalue weighted by Crippen LogP contribution is 2.31. The zero-order chi connectivity index (χ0) is 17.3. The fourth-order valence-corrected chi connectivity index (χ4v) is 2.57. The largest absolute Gasteiger partial charge is 0.416 e. The Morgan fingerprint density at radius 2 is 1.92 bits per heavy atom. The number of benzene rings is 1. The molecule has 8 heteroatoms. The molecule has 1 aromatic carbocycles. The van der Waals surface area contributed by atoms with E-state index in [0.29, 0.717) is 36.6 Å². The minimum Gasteiger partial charge on any atom is -0.391 e. The van der Waals surface area contributed by atoms with Crippen LogP contribution < -0.4 is 4.90 Å². The number of nitriles is 1. The maximum Gasteiger partial charge on any atom is 0.416 e. The van der Waals surface area contributed by atoms with E-state index in [0.717, 1.165) is 12.1 Å². The summed E-state index contributed by atoms with van der Waals surface area (Å²) in [4.78, 5) is 10.00. The third kappa shape index (κ3) is 3.31. The fraction of sp³-hybridized carbons (Fsp3) is 0.312. The van der Waals surface area contributed by atoms with Crippen LogP contribution in [0, 0.1) is 11.3 Å². The van der Waals surface area contributed by atoms with Gasteiger partial charge in [-0.2, -0.15) is 18.4 Å². The number of hydrogen-bond donors (Lipinski definition) is 1. The minimum atomic E-state index is -4.40. The maximum atomic E-state index is 12.6. The van der Waals surface area contributed by atoms with E-state index in [9.17, 15) is 18.3 Å². The van der Waals surface area contributed by atoms with Gasteiger partial charge in [-0.1, -0.05) is 12.1 Å². The number of nitrogens with zero attached hydrogens (tertiary/aromatic N) is 4. The van der Waals surface area contributed by atoms with E-state index in [1.807, 2.05) is 11.0 Å². The molecule has 0 aliphatic carbocycles. The molecule has 0 amide bonds. The van der Waals surface area contributed by atoms with Gasteiger partial charge in [0.2, 0.25) is 5.82 Å². The zero-order valence-corrected chi connectivity index (χ0v) is 12.5. The highest BCUT2D eigenvalue weighted by atomic mass is 19.4. The topological polar surface area (TPSA) is 73.0 Å². The third-order valence-electron chi connectivity index (χ3n) is 3.81. The monoisotopic (exact) mass is 334 g/mol. The second-order valence-corrected chi connectivity index (χ2v) is 5.51. The van der Waals surface area contributed by atoms with Gasteiger partial charge in [-0.05, 0) is 18.6 Å². The number of β-amino-alcohol motifs (C(OH)–C–C–N with tert-alkyl or cyclic N) is 1. The first-order valence-corrected chi connectivity index (χ1v) is 7.26. The molecular weight excluding hydrogens is 321 g/mol. The van der Waals surface area contributed by atoms with E-state index >= 15 is 0 Å². The van der Waals surface area contributed by atoms with Gasteiger partial charge in [-0.25, -0.2) is 9.97 Å². The molecule has 0 saturated carbocycles. The lowest BCUT2D eigenvalue weighted by Crippen LogP contribution is -2.22. The van der Waals surface area contributed by atoms with E-state index in [-0.39, 0.29) is 5.82 Å². The Labute approximate surface area is 136 Å². The first-order chi connectivity index (χ1) is 11.4. The van der Waals surface area contributed by atoms with Crippen molar-refractivity contribution in [3.8, 4) is 17.3 Å². The van der Waals surface area contributed by atoms with Crippen LogP contribution >= 0.6 is 0 Å². The molecule has 0 unspecified atom stereocenters. The summed E-state index contributed by atoms with van der Waals surface area (Å²) < 4.78 is 37.9. The lowest BCUT2D eigenvalue weighted by Gasteiger charge is -2.17. The molecule has 5 nitrogen and oxygen atoms in total. The number of alkyl halides is 3. The molecule has 1 aliphatic heterocycles. The second-order valence-electron chi connectivity index (χ2n) is 5.51. The van der Waals surface area contributed by atoms with E-state index in [1.165, 1.54) is 12.1 Å². The third-order valence-corrected chi connectivity index (χ3v) is 3.81. The number of rotatable bonds is 2. The Bertz CT molecular complexity index is 783. The molecular formula is C16H13F3N4O. The Hall–Kier alpha value is -2.66. The van der Waals surface area contributed by atoms with Crippen LogP contribution in [0.5, 0.6) is 0 Å². The van der Waals surface area contributed by atoms with Crippen molar-refractivity contribution in [1.82, 2.24) is 9.97 Å². The molecule has 1 aromatic heterocycles. The van der Waals surface area contributed by atoms with Crippen LogP contribution in [0.2, 0.25) is 0 Å². The average molecular weight is 334 g/mol. The fourth-order valence-electron chi connectivity index (χ4n) is 2.57. The summed E-state index contributed by atoms with van der Waals surface area (Å²) in [6.45, 7) is 0.990. The maximum absolute atomic E-state index is 12.6. The SMILES string of the molecule is N#Cc1nc(-c2ccc(C(F)(F)F)cc2)cc(N2CC[C@H](O)C2)n1. The predicted octanol–water partition coefficient (Wildman–Crippen LogP) is 2.61. The summed E-state index contributed by atoms with van der Waals surface area (Å²) in [7, 11) is 0. The van der Waals surface area contributed by atoms with Crippen molar-refractivity contribution in [3.05, 3.63) is 41.7 Å². The Balaban J connectivity index is 1.97. The summed E-state index contributed by atoms with van der Waals surface area (Å²) in [6, 6.07) is 8.05. The van der Waals surface area contributed by atoms with Gasteiger partial charge in [0.1, 0.15) is 11.9 Å². The molecule has 0 spiro atoms. The van der Waals surface area contributed by atoms with Crippen LogP contribution in [0.1, 0.15) is 17.8 Å². The lowest BCUT2D eigenvalue weighted by molar-refractivity contribution is -0.137. The van der Waals surface area contributed by atoms with Crippen LogP contribution in [0.3, 0.4) is 0 Å². The van der Waals surface area contributed by atoms with Crippen LogP contribution in [0.25, 0.3) is 11.3 Å². The Kier molecular flexibility index (Phi) is 4.11. The van der Waals surface area contributed by atoms with Gasteiger partial charge in [0.25, 0.3) is 0 Å².